The van der Waals surface area contributed by atoms with Crippen molar-refractivity contribution in [3.8, 4) is 0 Å². The summed E-state index contributed by atoms with van der Waals surface area (Å²) in [6, 6.07) is 16.7. The zero-order valence-corrected chi connectivity index (χ0v) is 13.8. The number of aryl methyl sites for hydroxylation is 1. The summed E-state index contributed by atoms with van der Waals surface area (Å²) >= 11 is 6.08. The van der Waals surface area contributed by atoms with Gasteiger partial charge in [0.1, 0.15) is 0 Å². The van der Waals surface area contributed by atoms with E-state index in [2.05, 4.69) is 58.1 Å². The summed E-state index contributed by atoms with van der Waals surface area (Å²) in [6.45, 7) is 5.05. The van der Waals surface area contributed by atoms with Crippen LogP contribution in [0.5, 0.6) is 0 Å². The lowest BCUT2D eigenvalue weighted by Gasteiger charge is -2.22. The Hall–Kier alpha value is -2.26. The Morgan fingerprint density at radius 2 is 1.74 bits per heavy atom. The number of anilines is 2. The average Bonchev–Trinajstić information content (AvgIpc) is 3.04. The normalized spacial score (nSPS) is 14.7. The number of pyridine rings is 1. The van der Waals surface area contributed by atoms with E-state index >= 15 is 0 Å². The van der Waals surface area contributed by atoms with Crippen LogP contribution in [0.15, 0.2) is 54.7 Å². The minimum Gasteiger partial charge on any atom is -0.352 e. The molecule has 0 radical (unpaired) electrons. The van der Waals surface area contributed by atoms with Crippen LogP contribution in [-0.2, 0) is 0 Å². The number of halogens is 1. The lowest BCUT2D eigenvalue weighted by Crippen LogP contribution is -2.25. The van der Waals surface area contributed by atoms with Crippen molar-refractivity contribution in [3.63, 3.8) is 0 Å². The molecule has 1 fully saturated rings. The minimum atomic E-state index is 0.727. The van der Waals surface area contributed by atoms with Gasteiger partial charge >= 0.3 is 0 Å². The van der Waals surface area contributed by atoms with E-state index in [-0.39, 0.29) is 0 Å². The van der Waals surface area contributed by atoms with Crippen LogP contribution in [0, 0.1) is 6.92 Å². The van der Waals surface area contributed by atoms with Crippen molar-refractivity contribution < 1.29 is 0 Å². The molecule has 1 aromatic heterocycles. The van der Waals surface area contributed by atoms with Crippen LogP contribution in [0.1, 0.15) is 5.56 Å². The maximum absolute atomic E-state index is 6.08. The fourth-order valence-corrected chi connectivity index (χ4v) is 3.30. The Labute approximate surface area is 141 Å². The monoisotopic (exact) mass is 323 g/mol. The predicted octanol–water partition coefficient (Wildman–Crippen LogP) is 4.48. The highest BCUT2D eigenvalue weighted by molar-refractivity contribution is 6.31. The largest absolute Gasteiger partial charge is 0.352 e. The zero-order valence-electron chi connectivity index (χ0n) is 13.0. The van der Waals surface area contributed by atoms with E-state index in [0.29, 0.717) is 0 Å². The third-order valence-electron chi connectivity index (χ3n) is 4.40. The number of rotatable bonds is 2. The molecule has 23 heavy (non-hydrogen) atoms. The van der Waals surface area contributed by atoms with Gasteiger partial charge in [-0.2, -0.15) is 0 Å². The number of hydrogen-bond donors (Lipinski definition) is 0. The molecule has 0 aliphatic carbocycles. The van der Waals surface area contributed by atoms with E-state index in [9.17, 15) is 0 Å². The van der Waals surface area contributed by atoms with Gasteiger partial charge in [0.15, 0.2) is 0 Å². The summed E-state index contributed by atoms with van der Waals surface area (Å²) in [7, 11) is 0. The van der Waals surface area contributed by atoms with E-state index in [1.807, 2.05) is 18.3 Å². The molecule has 4 heteroatoms. The molecule has 2 heterocycles. The van der Waals surface area contributed by atoms with Gasteiger partial charge in [-0.3, -0.25) is 4.98 Å². The Kier molecular flexibility index (Phi) is 3.58. The second-order valence-electron chi connectivity index (χ2n) is 6.00. The predicted molar refractivity (Wildman–Crippen MR) is 97.5 cm³/mol. The second kappa shape index (κ2) is 5.74. The van der Waals surface area contributed by atoms with Crippen LogP contribution >= 0.6 is 11.6 Å². The summed E-state index contributed by atoms with van der Waals surface area (Å²) < 4.78 is 0. The van der Waals surface area contributed by atoms with Gasteiger partial charge in [-0.05, 0) is 43.3 Å². The molecule has 116 valence electrons. The third kappa shape index (κ3) is 2.73. The van der Waals surface area contributed by atoms with Crippen molar-refractivity contribution in [1.82, 2.24) is 4.98 Å². The van der Waals surface area contributed by atoms with Crippen molar-refractivity contribution in [2.75, 3.05) is 29.6 Å². The van der Waals surface area contributed by atoms with E-state index in [1.54, 1.807) is 0 Å². The summed E-state index contributed by atoms with van der Waals surface area (Å²) in [5.41, 5.74) is 4.74. The van der Waals surface area contributed by atoms with Crippen molar-refractivity contribution >= 4 is 33.9 Å². The molecular formula is C19H18ClN3. The summed E-state index contributed by atoms with van der Waals surface area (Å²) in [4.78, 5) is 9.24. The maximum Gasteiger partial charge on any atom is 0.0904 e. The average molecular weight is 324 g/mol. The van der Waals surface area contributed by atoms with Crippen molar-refractivity contribution in [2.24, 2.45) is 0 Å². The van der Waals surface area contributed by atoms with Crippen LogP contribution in [0.2, 0.25) is 5.02 Å². The number of benzene rings is 2. The number of hydrogen-bond acceptors (Lipinski definition) is 3. The molecule has 0 amide bonds. The molecule has 0 N–H and O–H groups in total. The summed E-state index contributed by atoms with van der Waals surface area (Å²) in [6.07, 6.45) is 1.86. The van der Waals surface area contributed by atoms with Gasteiger partial charge in [-0.15, -0.1) is 0 Å². The van der Waals surface area contributed by atoms with E-state index in [0.717, 1.165) is 35.7 Å². The van der Waals surface area contributed by atoms with Gasteiger partial charge in [-0.1, -0.05) is 29.3 Å². The first kappa shape index (κ1) is 14.3. The fraction of sp³-hybridized carbons (Fsp3) is 0.211. The zero-order chi connectivity index (χ0) is 15.8. The molecule has 3 aromatic rings. The maximum atomic E-state index is 6.08. The molecular weight excluding hydrogens is 306 g/mol. The van der Waals surface area contributed by atoms with Gasteiger partial charge < -0.3 is 9.80 Å². The first-order chi connectivity index (χ1) is 11.2. The van der Waals surface area contributed by atoms with Crippen LogP contribution in [0.4, 0.5) is 11.4 Å². The molecule has 0 bridgehead atoms. The molecule has 0 spiro atoms. The highest BCUT2D eigenvalue weighted by atomic mass is 35.5. The van der Waals surface area contributed by atoms with E-state index < -0.39 is 0 Å². The SMILES string of the molecule is Cc1ccc(N2CCN(c3ccnc4cc(Cl)ccc34)C2)cc1. The molecule has 4 rings (SSSR count). The second-order valence-corrected chi connectivity index (χ2v) is 6.43. The molecule has 1 saturated heterocycles. The van der Waals surface area contributed by atoms with Gasteiger partial charge in [0.25, 0.3) is 0 Å². The highest BCUT2D eigenvalue weighted by Crippen LogP contribution is 2.30. The standard InChI is InChI=1S/C19H18ClN3/c1-14-2-5-16(6-3-14)22-10-11-23(13-22)19-8-9-21-18-12-15(20)4-7-17(18)19/h2-9,12H,10-11,13H2,1H3. The molecule has 0 unspecified atom stereocenters. The quantitative estimate of drug-likeness (QED) is 0.693. The minimum absolute atomic E-state index is 0.727. The number of nitrogens with zero attached hydrogens (tertiary/aromatic N) is 3. The summed E-state index contributed by atoms with van der Waals surface area (Å²) in [5, 5.41) is 1.88. The number of aromatic nitrogens is 1. The van der Waals surface area contributed by atoms with Crippen LogP contribution < -0.4 is 9.80 Å². The van der Waals surface area contributed by atoms with E-state index in [1.165, 1.54) is 16.9 Å². The Bertz CT molecular complexity index is 845. The van der Waals surface area contributed by atoms with Gasteiger partial charge in [-0.25, -0.2) is 0 Å². The van der Waals surface area contributed by atoms with Crippen LogP contribution in [-0.4, -0.2) is 24.7 Å². The van der Waals surface area contributed by atoms with Gasteiger partial charge in [0.05, 0.1) is 12.2 Å². The molecule has 0 saturated carbocycles. The van der Waals surface area contributed by atoms with Gasteiger partial charge in [0, 0.05) is 41.1 Å². The lowest BCUT2D eigenvalue weighted by atomic mass is 10.2. The first-order valence-electron chi connectivity index (χ1n) is 7.81. The fourth-order valence-electron chi connectivity index (χ4n) is 3.13. The molecule has 1 aliphatic heterocycles. The molecule has 3 nitrogen and oxygen atoms in total. The van der Waals surface area contributed by atoms with Crippen molar-refractivity contribution in [3.05, 3.63) is 65.3 Å². The first-order valence-corrected chi connectivity index (χ1v) is 8.19. The van der Waals surface area contributed by atoms with Crippen molar-refractivity contribution in [1.29, 1.82) is 0 Å². The highest BCUT2D eigenvalue weighted by Gasteiger charge is 2.21. The lowest BCUT2D eigenvalue weighted by molar-refractivity contribution is 0.952. The van der Waals surface area contributed by atoms with Crippen LogP contribution in [0.25, 0.3) is 10.9 Å². The molecule has 2 aromatic carbocycles. The van der Waals surface area contributed by atoms with Gasteiger partial charge in [0.2, 0.25) is 0 Å². The summed E-state index contributed by atoms with van der Waals surface area (Å²) in [5.74, 6) is 0. The Morgan fingerprint density at radius 1 is 0.957 bits per heavy atom. The molecule has 1 aliphatic rings. The Balaban J connectivity index is 1.64. The molecule has 0 atom stereocenters. The third-order valence-corrected chi connectivity index (χ3v) is 4.64. The number of fused-ring (bicyclic) bond motifs is 1. The van der Waals surface area contributed by atoms with Crippen molar-refractivity contribution in [2.45, 2.75) is 6.92 Å². The van der Waals surface area contributed by atoms with E-state index in [4.69, 9.17) is 11.6 Å². The van der Waals surface area contributed by atoms with Crippen LogP contribution in [0.3, 0.4) is 0 Å². The Morgan fingerprint density at radius 3 is 2.57 bits per heavy atom. The smallest absolute Gasteiger partial charge is 0.0904 e. The topological polar surface area (TPSA) is 19.4 Å².